The molecule has 0 amide bonds. The summed E-state index contributed by atoms with van der Waals surface area (Å²) in [6, 6.07) is 18.7. The summed E-state index contributed by atoms with van der Waals surface area (Å²) in [5.41, 5.74) is 5.85. The Kier molecular flexibility index (Phi) is 5.93. The number of benzene rings is 2. The molecule has 6 rings (SSSR count). The van der Waals surface area contributed by atoms with E-state index < -0.39 is 0 Å². The SMILES string of the molecule is CCn1c(=O)c(-c2ccccc2C2CC2)cc2cnc(Nc3ccc(N4CCN(C)CC4)cc3)nc21. The highest BCUT2D eigenvalue weighted by Gasteiger charge is 2.27. The molecule has 2 aromatic carbocycles. The molecular weight excluding hydrogens is 448 g/mol. The maximum absolute atomic E-state index is 13.6. The van der Waals surface area contributed by atoms with E-state index in [0.717, 1.165) is 48.4 Å². The van der Waals surface area contributed by atoms with Gasteiger partial charge in [0.25, 0.3) is 5.56 Å². The number of anilines is 3. The highest BCUT2D eigenvalue weighted by molar-refractivity contribution is 5.83. The van der Waals surface area contributed by atoms with Crippen LogP contribution in [-0.4, -0.2) is 52.7 Å². The monoisotopic (exact) mass is 480 g/mol. The molecule has 0 unspecified atom stereocenters. The summed E-state index contributed by atoms with van der Waals surface area (Å²) in [5.74, 6) is 1.06. The predicted octanol–water partition coefficient (Wildman–Crippen LogP) is 4.85. The molecule has 1 aliphatic heterocycles. The molecule has 0 bridgehead atoms. The maximum Gasteiger partial charge on any atom is 0.260 e. The van der Waals surface area contributed by atoms with Gasteiger partial charge in [0.05, 0.1) is 0 Å². The van der Waals surface area contributed by atoms with Crippen LogP contribution in [0, 0.1) is 0 Å². The number of aromatic nitrogens is 3. The quantitative estimate of drug-likeness (QED) is 0.426. The van der Waals surface area contributed by atoms with Gasteiger partial charge in [-0.25, -0.2) is 4.98 Å². The Morgan fingerprint density at radius 1 is 0.972 bits per heavy atom. The fourth-order valence-corrected chi connectivity index (χ4v) is 5.15. The molecule has 0 atom stereocenters. The molecule has 2 aliphatic rings. The molecule has 7 nitrogen and oxygen atoms in total. The Balaban J connectivity index is 1.30. The van der Waals surface area contributed by atoms with E-state index in [9.17, 15) is 4.79 Å². The Morgan fingerprint density at radius 2 is 1.72 bits per heavy atom. The van der Waals surface area contributed by atoms with Gasteiger partial charge < -0.3 is 15.1 Å². The third kappa shape index (κ3) is 4.35. The van der Waals surface area contributed by atoms with Crippen LogP contribution >= 0.6 is 0 Å². The van der Waals surface area contributed by atoms with Crippen LogP contribution in [0.5, 0.6) is 0 Å². The van der Waals surface area contributed by atoms with Crippen molar-refractivity contribution in [3.63, 3.8) is 0 Å². The molecule has 4 aromatic rings. The van der Waals surface area contributed by atoms with Crippen molar-refractivity contribution >= 4 is 28.4 Å². The minimum absolute atomic E-state index is 0.000667. The van der Waals surface area contributed by atoms with Crippen LogP contribution in [0.4, 0.5) is 17.3 Å². The fraction of sp³-hybridized carbons (Fsp3) is 0.345. The van der Waals surface area contributed by atoms with Crippen molar-refractivity contribution in [2.75, 3.05) is 43.4 Å². The summed E-state index contributed by atoms with van der Waals surface area (Å²) < 4.78 is 1.76. The first-order chi connectivity index (χ1) is 17.6. The van der Waals surface area contributed by atoms with Crippen molar-refractivity contribution < 1.29 is 0 Å². The van der Waals surface area contributed by atoms with E-state index >= 15 is 0 Å². The lowest BCUT2D eigenvalue weighted by Gasteiger charge is -2.34. The van der Waals surface area contributed by atoms with Gasteiger partial charge in [0, 0.05) is 61.2 Å². The lowest BCUT2D eigenvalue weighted by molar-refractivity contribution is 0.313. The van der Waals surface area contributed by atoms with E-state index in [-0.39, 0.29) is 5.56 Å². The van der Waals surface area contributed by atoms with Gasteiger partial charge in [0.2, 0.25) is 5.95 Å². The topological polar surface area (TPSA) is 66.3 Å². The predicted molar refractivity (Wildman–Crippen MR) is 146 cm³/mol. The number of nitrogens with zero attached hydrogens (tertiary/aromatic N) is 5. The van der Waals surface area contributed by atoms with Crippen LogP contribution in [0.3, 0.4) is 0 Å². The van der Waals surface area contributed by atoms with Crippen LogP contribution in [-0.2, 0) is 6.54 Å². The van der Waals surface area contributed by atoms with Crippen molar-refractivity contribution in [2.24, 2.45) is 0 Å². The van der Waals surface area contributed by atoms with E-state index in [1.165, 1.54) is 24.1 Å². The number of hydrogen-bond acceptors (Lipinski definition) is 6. The van der Waals surface area contributed by atoms with Crippen LogP contribution in [0.25, 0.3) is 22.2 Å². The van der Waals surface area contributed by atoms with Crippen LogP contribution in [0.2, 0.25) is 0 Å². The molecule has 1 saturated heterocycles. The number of nitrogens with one attached hydrogen (secondary N) is 1. The highest BCUT2D eigenvalue weighted by atomic mass is 16.1. The molecule has 0 radical (unpaired) electrons. The van der Waals surface area contributed by atoms with E-state index in [1.807, 2.05) is 25.3 Å². The zero-order chi connectivity index (χ0) is 24.6. The lowest BCUT2D eigenvalue weighted by atomic mass is 9.97. The maximum atomic E-state index is 13.6. The Bertz CT molecular complexity index is 1450. The molecule has 1 aliphatic carbocycles. The van der Waals surface area contributed by atoms with Crippen LogP contribution < -0.4 is 15.8 Å². The van der Waals surface area contributed by atoms with Crippen molar-refractivity contribution in [3.8, 4) is 11.1 Å². The minimum Gasteiger partial charge on any atom is -0.369 e. The average molecular weight is 481 g/mol. The highest BCUT2D eigenvalue weighted by Crippen LogP contribution is 2.44. The lowest BCUT2D eigenvalue weighted by Crippen LogP contribution is -2.44. The van der Waals surface area contributed by atoms with Crippen molar-refractivity contribution in [3.05, 3.63) is 76.7 Å². The van der Waals surface area contributed by atoms with E-state index in [1.54, 1.807) is 4.57 Å². The number of aryl methyl sites for hydroxylation is 1. The van der Waals surface area contributed by atoms with Gasteiger partial charge in [-0.1, -0.05) is 24.3 Å². The number of rotatable bonds is 6. The van der Waals surface area contributed by atoms with Crippen LogP contribution in [0.15, 0.2) is 65.6 Å². The van der Waals surface area contributed by atoms with Crippen molar-refractivity contribution in [1.82, 2.24) is 19.4 Å². The minimum atomic E-state index is -0.000667. The molecule has 1 N–H and O–H groups in total. The normalized spacial score (nSPS) is 16.4. The van der Waals surface area contributed by atoms with Crippen molar-refractivity contribution in [2.45, 2.75) is 32.2 Å². The third-order valence-electron chi connectivity index (χ3n) is 7.40. The Morgan fingerprint density at radius 3 is 2.44 bits per heavy atom. The second kappa shape index (κ2) is 9.39. The van der Waals surface area contributed by atoms with E-state index in [4.69, 9.17) is 4.98 Å². The van der Waals surface area contributed by atoms with Gasteiger partial charge >= 0.3 is 0 Å². The largest absolute Gasteiger partial charge is 0.369 e. The molecule has 0 spiro atoms. The van der Waals surface area contributed by atoms with Gasteiger partial charge in [-0.05, 0) is 74.2 Å². The fourth-order valence-electron chi connectivity index (χ4n) is 5.15. The van der Waals surface area contributed by atoms with Crippen LogP contribution in [0.1, 0.15) is 31.2 Å². The van der Waals surface area contributed by atoms with Gasteiger partial charge in [-0.15, -0.1) is 0 Å². The zero-order valence-corrected chi connectivity index (χ0v) is 20.9. The molecule has 3 heterocycles. The standard InChI is InChI=1S/C29H32N6O/c1-3-35-27-21(18-26(28(35)36)25-7-5-4-6-24(25)20-8-9-20)19-30-29(32-27)31-22-10-12-23(13-11-22)34-16-14-33(2)15-17-34/h4-7,10-13,18-20H,3,8-9,14-17H2,1-2H3,(H,30,31,32). The summed E-state index contributed by atoms with van der Waals surface area (Å²) >= 11 is 0. The molecule has 184 valence electrons. The number of fused-ring (bicyclic) bond motifs is 1. The third-order valence-corrected chi connectivity index (χ3v) is 7.40. The number of hydrogen-bond donors (Lipinski definition) is 1. The van der Waals surface area contributed by atoms with Gasteiger partial charge in [0.15, 0.2) is 0 Å². The first kappa shape index (κ1) is 22.7. The van der Waals surface area contributed by atoms with Crippen molar-refractivity contribution in [1.29, 1.82) is 0 Å². The first-order valence-electron chi connectivity index (χ1n) is 12.9. The molecule has 2 fully saturated rings. The number of piperazine rings is 1. The Labute approximate surface area is 211 Å². The zero-order valence-electron chi connectivity index (χ0n) is 20.9. The molecular formula is C29H32N6O. The summed E-state index contributed by atoms with van der Waals surface area (Å²) in [7, 11) is 2.17. The van der Waals surface area contributed by atoms with E-state index in [0.29, 0.717) is 24.1 Å². The average Bonchev–Trinajstić information content (AvgIpc) is 3.75. The van der Waals surface area contributed by atoms with Gasteiger partial charge in [-0.2, -0.15) is 4.98 Å². The summed E-state index contributed by atoms with van der Waals surface area (Å²) in [6.45, 7) is 6.78. The number of pyridine rings is 1. The number of likely N-dealkylation sites (N-methyl/N-ethyl adjacent to an activating group) is 1. The van der Waals surface area contributed by atoms with E-state index in [2.05, 4.69) is 69.6 Å². The second-order valence-electron chi connectivity index (χ2n) is 9.90. The first-order valence-corrected chi connectivity index (χ1v) is 12.9. The summed E-state index contributed by atoms with van der Waals surface area (Å²) in [5, 5.41) is 4.19. The smallest absolute Gasteiger partial charge is 0.260 e. The molecule has 36 heavy (non-hydrogen) atoms. The van der Waals surface area contributed by atoms with Gasteiger partial charge in [0.1, 0.15) is 5.65 Å². The second-order valence-corrected chi connectivity index (χ2v) is 9.90. The molecule has 1 saturated carbocycles. The Hall–Kier alpha value is -3.71. The van der Waals surface area contributed by atoms with Gasteiger partial charge in [-0.3, -0.25) is 9.36 Å². The summed E-state index contributed by atoms with van der Waals surface area (Å²) in [6.07, 6.45) is 4.21. The summed E-state index contributed by atoms with van der Waals surface area (Å²) in [4.78, 5) is 27.7. The molecule has 2 aromatic heterocycles. The molecule has 7 heteroatoms.